The fourth-order valence-corrected chi connectivity index (χ4v) is 1.66. The van der Waals surface area contributed by atoms with Crippen LogP contribution in [-0.4, -0.2) is 20.3 Å². The number of nitrogens with one attached hydrogen (secondary N) is 1. The van der Waals surface area contributed by atoms with E-state index >= 15 is 0 Å². The predicted octanol–water partition coefficient (Wildman–Crippen LogP) is 2.35. The van der Waals surface area contributed by atoms with Crippen LogP contribution in [0.25, 0.3) is 0 Å². The topological polar surface area (TPSA) is 42.7 Å². The average Bonchev–Trinajstić information content (AvgIpc) is 2.73. The van der Waals surface area contributed by atoms with Crippen molar-refractivity contribution in [3.05, 3.63) is 47.8 Å². The Hall–Kier alpha value is -1.75. The lowest BCUT2D eigenvalue weighted by Crippen LogP contribution is -2.35. The molecular formula is C14H19FN4. The Morgan fingerprint density at radius 2 is 2.11 bits per heavy atom. The molecule has 19 heavy (non-hydrogen) atoms. The minimum absolute atomic E-state index is 0.0357. The SMILES string of the molecule is CC(C)(C)NCc1ncn(Cc2cccc(F)c2)n1. The molecule has 0 radical (unpaired) electrons. The van der Waals surface area contributed by atoms with Crippen molar-refractivity contribution in [3.63, 3.8) is 0 Å². The molecule has 0 spiro atoms. The molecule has 0 unspecified atom stereocenters. The van der Waals surface area contributed by atoms with Crippen LogP contribution in [0.1, 0.15) is 32.2 Å². The van der Waals surface area contributed by atoms with Crippen molar-refractivity contribution < 1.29 is 4.39 Å². The van der Waals surface area contributed by atoms with Crippen LogP contribution in [0, 0.1) is 5.82 Å². The molecule has 2 aromatic rings. The number of hydrogen-bond donors (Lipinski definition) is 1. The van der Waals surface area contributed by atoms with E-state index in [2.05, 4.69) is 36.2 Å². The van der Waals surface area contributed by atoms with Crippen molar-refractivity contribution in [3.8, 4) is 0 Å². The van der Waals surface area contributed by atoms with E-state index in [9.17, 15) is 4.39 Å². The highest BCUT2D eigenvalue weighted by Gasteiger charge is 2.10. The maximum Gasteiger partial charge on any atom is 0.164 e. The van der Waals surface area contributed by atoms with Crippen LogP contribution < -0.4 is 5.32 Å². The molecule has 0 atom stereocenters. The van der Waals surface area contributed by atoms with Crippen LogP contribution in [0.3, 0.4) is 0 Å². The number of rotatable bonds is 4. The third-order valence-corrected chi connectivity index (χ3v) is 2.59. The lowest BCUT2D eigenvalue weighted by molar-refractivity contribution is 0.417. The van der Waals surface area contributed by atoms with Gasteiger partial charge < -0.3 is 5.32 Å². The molecule has 0 amide bonds. The first-order chi connectivity index (χ1) is 8.92. The molecule has 102 valence electrons. The van der Waals surface area contributed by atoms with Gasteiger partial charge in [0.05, 0.1) is 13.1 Å². The van der Waals surface area contributed by atoms with Gasteiger partial charge in [0.25, 0.3) is 0 Å². The highest BCUT2D eigenvalue weighted by Crippen LogP contribution is 2.06. The van der Waals surface area contributed by atoms with Crippen LogP contribution in [0.5, 0.6) is 0 Å². The predicted molar refractivity (Wildman–Crippen MR) is 72.1 cm³/mol. The Kier molecular flexibility index (Phi) is 3.95. The lowest BCUT2D eigenvalue weighted by atomic mass is 10.1. The highest BCUT2D eigenvalue weighted by atomic mass is 19.1. The Labute approximate surface area is 112 Å². The zero-order valence-corrected chi connectivity index (χ0v) is 11.5. The maximum absolute atomic E-state index is 13.1. The number of halogens is 1. The molecule has 0 fully saturated rings. The Balaban J connectivity index is 1.97. The summed E-state index contributed by atoms with van der Waals surface area (Å²) in [4.78, 5) is 4.23. The van der Waals surface area contributed by atoms with Crippen LogP contribution in [-0.2, 0) is 13.1 Å². The first kappa shape index (κ1) is 13.7. The van der Waals surface area contributed by atoms with Crippen molar-refractivity contribution in [1.82, 2.24) is 20.1 Å². The largest absolute Gasteiger partial charge is 0.305 e. The van der Waals surface area contributed by atoms with E-state index in [0.717, 1.165) is 11.4 Å². The number of aromatic nitrogens is 3. The average molecular weight is 262 g/mol. The zero-order chi connectivity index (χ0) is 13.9. The molecule has 0 aliphatic heterocycles. The quantitative estimate of drug-likeness (QED) is 0.919. The highest BCUT2D eigenvalue weighted by molar-refractivity contribution is 5.16. The molecule has 0 aliphatic carbocycles. The summed E-state index contributed by atoms with van der Waals surface area (Å²) >= 11 is 0. The first-order valence-corrected chi connectivity index (χ1v) is 6.30. The van der Waals surface area contributed by atoms with Gasteiger partial charge >= 0.3 is 0 Å². The van der Waals surface area contributed by atoms with E-state index in [4.69, 9.17) is 0 Å². The van der Waals surface area contributed by atoms with Gasteiger partial charge in [-0.25, -0.2) is 14.1 Å². The monoisotopic (exact) mass is 262 g/mol. The lowest BCUT2D eigenvalue weighted by Gasteiger charge is -2.19. The van der Waals surface area contributed by atoms with E-state index in [1.807, 2.05) is 6.07 Å². The molecule has 0 bridgehead atoms. The van der Waals surface area contributed by atoms with E-state index in [0.29, 0.717) is 13.1 Å². The summed E-state index contributed by atoms with van der Waals surface area (Å²) in [5.41, 5.74) is 0.911. The standard InChI is InChI=1S/C14H19FN4/c1-14(2,3)17-8-13-16-10-19(18-13)9-11-5-4-6-12(15)7-11/h4-7,10,17H,8-9H2,1-3H3. The van der Waals surface area contributed by atoms with Crippen molar-refractivity contribution in [2.45, 2.75) is 39.4 Å². The van der Waals surface area contributed by atoms with E-state index in [1.54, 1.807) is 17.1 Å². The molecule has 2 rings (SSSR count). The van der Waals surface area contributed by atoms with Gasteiger partial charge in [-0.05, 0) is 38.5 Å². The molecule has 1 heterocycles. The van der Waals surface area contributed by atoms with Gasteiger partial charge in [0.1, 0.15) is 12.1 Å². The molecule has 0 saturated heterocycles. The molecule has 4 nitrogen and oxygen atoms in total. The van der Waals surface area contributed by atoms with Crippen molar-refractivity contribution in [2.24, 2.45) is 0 Å². The number of benzene rings is 1. The maximum atomic E-state index is 13.1. The van der Waals surface area contributed by atoms with Crippen LogP contribution >= 0.6 is 0 Å². The smallest absolute Gasteiger partial charge is 0.164 e. The summed E-state index contributed by atoms with van der Waals surface area (Å²) in [7, 11) is 0. The van der Waals surface area contributed by atoms with Crippen molar-refractivity contribution >= 4 is 0 Å². The third-order valence-electron chi connectivity index (χ3n) is 2.59. The first-order valence-electron chi connectivity index (χ1n) is 6.30. The van der Waals surface area contributed by atoms with Crippen LogP contribution in [0.15, 0.2) is 30.6 Å². The van der Waals surface area contributed by atoms with Crippen LogP contribution in [0.4, 0.5) is 4.39 Å². The summed E-state index contributed by atoms with van der Waals surface area (Å²) in [6, 6.07) is 6.51. The van der Waals surface area contributed by atoms with Gasteiger partial charge in [0.15, 0.2) is 5.82 Å². The van der Waals surface area contributed by atoms with Gasteiger partial charge in [-0.1, -0.05) is 12.1 Å². The zero-order valence-electron chi connectivity index (χ0n) is 11.5. The summed E-state index contributed by atoms with van der Waals surface area (Å²) in [6.07, 6.45) is 1.67. The van der Waals surface area contributed by atoms with Crippen LogP contribution in [0.2, 0.25) is 0 Å². The molecule has 1 aromatic carbocycles. The Morgan fingerprint density at radius 1 is 1.32 bits per heavy atom. The van der Waals surface area contributed by atoms with Crippen molar-refractivity contribution in [1.29, 1.82) is 0 Å². The molecule has 1 aromatic heterocycles. The second-order valence-electron chi connectivity index (χ2n) is 5.59. The Morgan fingerprint density at radius 3 is 2.79 bits per heavy atom. The summed E-state index contributed by atoms with van der Waals surface area (Å²) in [5, 5.41) is 7.69. The fourth-order valence-electron chi connectivity index (χ4n) is 1.66. The minimum Gasteiger partial charge on any atom is -0.305 e. The van der Waals surface area contributed by atoms with Gasteiger partial charge in [-0.15, -0.1) is 0 Å². The fraction of sp³-hybridized carbons (Fsp3) is 0.429. The van der Waals surface area contributed by atoms with Gasteiger partial charge in [-0.2, -0.15) is 5.10 Å². The van der Waals surface area contributed by atoms with Gasteiger partial charge in [0, 0.05) is 5.54 Å². The van der Waals surface area contributed by atoms with Gasteiger partial charge in [-0.3, -0.25) is 0 Å². The molecule has 1 N–H and O–H groups in total. The second kappa shape index (κ2) is 5.48. The number of nitrogens with zero attached hydrogens (tertiary/aromatic N) is 3. The van der Waals surface area contributed by atoms with Gasteiger partial charge in [0.2, 0.25) is 0 Å². The van der Waals surface area contributed by atoms with E-state index < -0.39 is 0 Å². The minimum atomic E-state index is -0.229. The summed E-state index contributed by atoms with van der Waals surface area (Å²) < 4.78 is 14.8. The normalized spacial score (nSPS) is 11.8. The molecule has 5 heteroatoms. The van der Waals surface area contributed by atoms with Crippen molar-refractivity contribution in [2.75, 3.05) is 0 Å². The Bertz CT molecular complexity index is 542. The second-order valence-corrected chi connectivity index (χ2v) is 5.59. The molecule has 0 saturated carbocycles. The summed E-state index contributed by atoms with van der Waals surface area (Å²) in [5.74, 6) is 0.513. The van der Waals surface area contributed by atoms with E-state index in [-0.39, 0.29) is 11.4 Å². The molecular weight excluding hydrogens is 243 g/mol. The van der Waals surface area contributed by atoms with E-state index in [1.165, 1.54) is 12.1 Å². The number of hydrogen-bond acceptors (Lipinski definition) is 3. The summed E-state index contributed by atoms with van der Waals surface area (Å²) in [6.45, 7) is 7.43. The third kappa shape index (κ3) is 4.44. The molecule has 0 aliphatic rings.